The van der Waals surface area contributed by atoms with E-state index in [1.54, 1.807) is 32.3 Å². The summed E-state index contributed by atoms with van der Waals surface area (Å²) in [5.74, 6) is 0.362. The number of azide groups is 1. The van der Waals surface area contributed by atoms with Crippen LogP contribution < -0.4 is 4.74 Å². The number of rotatable bonds is 8. The van der Waals surface area contributed by atoms with E-state index in [0.717, 1.165) is 10.9 Å². The van der Waals surface area contributed by atoms with Crippen molar-refractivity contribution in [2.75, 3.05) is 0 Å². The van der Waals surface area contributed by atoms with Crippen LogP contribution in [0.15, 0.2) is 23.6 Å². The molecule has 0 aromatic carbocycles. The van der Waals surface area contributed by atoms with Gasteiger partial charge in [0, 0.05) is 17.3 Å². The summed E-state index contributed by atoms with van der Waals surface area (Å²) in [5, 5.41) is 5.67. The molecule has 28 heavy (non-hydrogen) atoms. The van der Waals surface area contributed by atoms with Crippen LogP contribution in [0.2, 0.25) is 5.15 Å². The normalized spacial score (nSPS) is 15.1. The van der Waals surface area contributed by atoms with Gasteiger partial charge >= 0.3 is 0 Å². The molecule has 1 unspecified atom stereocenters. The van der Waals surface area contributed by atoms with Crippen LogP contribution in [-0.4, -0.2) is 20.8 Å². The highest BCUT2D eigenvalue weighted by Crippen LogP contribution is 2.38. The fraction of sp³-hybridized carbons (Fsp3) is 0.556. The van der Waals surface area contributed by atoms with Crippen molar-refractivity contribution in [2.24, 2.45) is 5.11 Å². The number of aromatic nitrogens is 2. The number of pyridine rings is 2. The number of halogens is 1. The number of hydrogen-bond acceptors (Lipinski definition) is 7. The van der Waals surface area contributed by atoms with Crippen LogP contribution in [0.1, 0.15) is 53.0 Å². The molecule has 0 spiro atoms. The van der Waals surface area contributed by atoms with Crippen molar-refractivity contribution in [1.29, 1.82) is 4.78 Å². The van der Waals surface area contributed by atoms with E-state index in [0.29, 0.717) is 29.3 Å². The maximum atomic E-state index is 11.6. The van der Waals surface area contributed by atoms with Crippen molar-refractivity contribution in [1.82, 2.24) is 9.97 Å². The highest BCUT2D eigenvalue weighted by molar-refractivity contribution is 7.75. The summed E-state index contributed by atoms with van der Waals surface area (Å²) in [4.78, 5) is 11.6. The zero-order valence-corrected chi connectivity index (χ0v) is 18.1. The summed E-state index contributed by atoms with van der Waals surface area (Å²) in [5.41, 5.74) is 8.93. The van der Waals surface area contributed by atoms with Crippen LogP contribution >= 0.6 is 11.6 Å². The van der Waals surface area contributed by atoms with Gasteiger partial charge in [-0.2, -0.15) is 10.6 Å². The predicted octanol–water partition coefficient (Wildman–Crippen LogP) is 5.88. The molecule has 1 N–H and O–H groups in total. The molecule has 2 rings (SSSR count). The molecule has 2 aromatic heterocycles. The lowest BCUT2D eigenvalue weighted by Crippen LogP contribution is -2.29. The summed E-state index contributed by atoms with van der Waals surface area (Å²) < 4.78 is 24.4. The first-order chi connectivity index (χ1) is 13.0. The van der Waals surface area contributed by atoms with Crippen LogP contribution in [0.25, 0.3) is 21.2 Å². The van der Waals surface area contributed by atoms with Gasteiger partial charge in [0.05, 0.1) is 17.0 Å². The van der Waals surface area contributed by atoms with Gasteiger partial charge in [0.2, 0.25) is 5.88 Å². The zero-order valence-electron chi connectivity index (χ0n) is 16.6. The molecular weight excluding hydrogens is 400 g/mol. The maximum Gasteiger partial charge on any atom is 0.223 e. The summed E-state index contributed by atoms with van der Waals surface area (Å²) in [6.45, 7) is 9.14. The minimum atomic E-state index is -1.73. The van der Waals surface area contributed by atoms with Crippen molar-refractivity contribution >= 4 is 33.0 Å². The lowest BCUT2D eigenvalue weighted by atomic mass is 9.88. The van der Waals surface area contributed by atoms with Gasteiger partial charge in [0.1, 0.15) is 5.15 Å². The fourth-order valence-corrected chi connectivity index (χ4v) is 3.57. The molecule has 0 fully saturated rings. The van der Waals surface area contributed by atoms with Crippen molar-refractivity contribution < 1.29 is 8.95 Å². The average molecular weight is 424 g/mol. The Hall–Kier alpha value is -2.09. The minimum absolute atomic E-state index is 0.309. The fourth-order valence-electron chi connectivity index (χ4n) is 3.02. The SMILES string of the molecule is CCC(C)(N=[N+]=[N-])c1cnc(O[C@H](C)CC(C)(C)[S-](=N)=O)c2cnc(Cl)cc12. The molecule has 152 valence electrons. The average Bonchev–Trinajstić information content (AvgIpc) is 2.61. The lowest BCUT2D eigenvalue weighted by Gasteiger charge is -2.31. The van der Waals surface area contributed by atoms with E-state index in [1.165, 1.54) is 0 Å². The maximum absolute atomic E-state index is 11.6. The highest BCUT2D eigenvalue weighted by atomic mass is 35.5. The predicted molar refractivity (Wildman–Crippen MR) is 111 cm³/mol. The molecule has 10 heteroatoms. The van der Waals surface area contributed by atoms with E-state index in [1.807, 2.05) is 20.8 Å². The smallest absolute Gasteiger partial charge is 0.223 e. The first kappa shape index (κ1) is 22.2. The molecule has 0 amide bonds. The molecule has 0 saturated carbocycles. The Bertz CT molecular complexity index is 995. The molecule has 0 radical (unpaired) electrons. The summed E-state index contributed by atoms with van der Waals surface area (Å²) in [6.07, 6.45) is 3.88. The van der Waals surface area contributed by atoms with E-state index in [4.69, 9.17) is 26.6 Å². The van der Waals surface area contributed by atoms with E-state index in [-0.39, 0.29) is 6.10 Å². The van der Waals surface area contributed by atoms with Crippen LogP contribution in [-0.2, 0) is 20.3 Å². The second-order valence-electron chi connectivity index (χ2n) is 7.51. The van der Waals surface area contributed by atoms with Crippen LogP contribution in [0, 0.1) is 4.78 Å². The Balaban J connectivity index is 2.53. The second-order valence-corrected chi connectivity index (χ2v) is 9.54. The van der Waals surface area contributed by atoms with Crippen molar-refractivity contribution in [3.05, 3.63) is 39.6 Å². The minimum Gasteiger partial charge on any atom is -0.474 e. The van der Waals surface area contributed by atoms with Gasteiger partial charge in [-0.25, -0.2) is 9.97 Å². The van der Waals surface area contributed by atoms with Crippen molar-refractivity contribution in [3.8, 4) is 5.88 Å². The molecule has 2 heterocycles. The van der Waals surface area contributed by atoms with E-state index < -0.39 is 20.9 Å². The monoisotopic (exact) mass is 423 g/mol. The number of fused-ring (bicyclic) bond motifs is 1. The van der Waals surface area contributed by atoms with E-state index >= 15 is 0 Å². The summed E-state index contributed by atoms with van der Waals surface area (Å²) in [6, 6.07) is 1.70. The van der Waals surface area contributed by atoms with Crippen LogP contribution in [0.4, 0.5) is 0 Å². The van der Waals surface area contributed by atoms with Gasteiger partial charge in [-0.1, -0.05) is 42.2 Å². The molecule has 0 saturated heterocycles. The first-order valence-electron chi connectivity index (χ1n) is 8.85. The molecule has 0 bridgehead atoms. The number of nitrogens with zero attached hydrogens (tertiary/aromatic N) is 5. The largest absolute Gasteiger partial charge is 0.474 e. The Kier molecular flexibility index (Phi) is 6.75. The van der Waals surface area contributed by atoms with Gasteiger partial charge in [0.25, 0.3) is 0 Å². The zero-order chi connectivity index (χ0) is 21.1. The molecular formula is C18H24ClN6O2S-. The van der Waals surface area contributed by atoms with Gasteiger partial charge in [-0.3, -0.25) is 0 Å². The molecule has 0 aliphatic rings. The number of nitrogens with one attached hydrogen (secondary N) is 1. The quantitative estimate of drug-likeness (QED) is 0.187. The molecule has 2 aromatic rings. The van der Waals surface area contributed by atoms with Gasteiger partial charge in [-0.15, -0.1) is 0 Å². The third kappa shape index (κ3) is 4.66. The Labute approximate surface area is 171 Å². The van der Waals surface area contributed by atoms with Gasteiger partial charge < -0.3 is 13.7 Å². The second kappa shape index (κ2) is 8.51. The van der Waals surface area contributed by atoms with Gasteiger partial charge in [-0.05, 0) is 49.2 Å². The van der Waals surface area contributed by atoms with E-state index in [2.05, 4.69) is 20.0 Å². The van der Waals surface area contributed by atoms with Gasteiger partial charge in [0.15, 0.2) is 0 Å². The van der Waals surface area contributed by atoms with Crippen LogP contribution in [0.3, 0.4) is 0 Å². The third-order valence-corrected chi connectivity index (χ3v) is 6.21. The first-order valence-corrected chi connectivity index (χ1v) is 10.4. The molecule has 8 nitrogen and oxygen atoms in total. The topological polar surface area (TPSA) is 125 Å². The van der Waals surface area contributed by atoms with Crippen LogP contribution in [0.5, 0.6) is 5.88 Å². The number of ether oxygens (including phenoxy) is 1. The number of hydrogen-bond donors (Lipinski definition) is 1. The summed E-state index contributed by atoms with van der Waals surface area (Å²) in [7, 11) is -1.73. The highest BCUT2D eigenvalue weighted by Gasteiger charge is 2.27. The Morgan fingerprint density at radius 2 is 2.04 bits per heavy atom. The van der Waals surface area contributed by atoms with Crippen molar-refractivity contribution in [2.45, 2.75) is 63.9 Å². The summed E-state index contributed by atoms with van der Waals surface area (Å²) >= 11 is 6.11. The Morgan fingerprint density at radius 1 is 1.36 bits per heavy atom. The molecule has 0 aliphatic heterocycles. The standard InChI is InChI=1S/C18H24ClN6O2S/c1-6-18(5,24-25-20)14-10-23-16(13-9-22-15(19)7-12(13)14)27-11(2)8-17(3,4)28(21)26/h7,9-11,21H,6,8H2,1-5H3/q-1/t11-,18?/m1/s1. The van der Waals surface area contributed by atoms with Crippen molar-refractivity contribution in [3.63, 3.8) is 0 Å². The molecule has 2 atom stereocenters. The third-order valence-electron chi connectivity index (χ3n) is 4.83. The lowest BCUT2D eigenvalue weighted by molar-refractivity contribution is 0.193. The molecule has 0 aliphatic carbocycles. The van der Waals surface area contributed by atoms with E-state index in [9.17, 15) is 4.21 Å². The Morgan fingerprint density at radius 3 is 2.61 bits per heavy atom.